The van der Waals surface area contributed by atoms with E-state index < -0.39 is 5.97 Å². The molecule has 1 aromatic carbocycles. The van der Waals surface area contributed by atoms with Gasteiger partial charge in [0.2, 0.25) is 0 Å². The maximum atomic E-state index is 13.0. The minimum atomic E-state index is -0.437. The lowest BCUT2D eigenvalue weighted by Gasteiger charge is -2.36. The van der Waals surface area contributed by atoms with Gasteiger partial charge in [0.05, 0.1) is 17.9 Å². The van der Waals surface area contributed by atoms with Crippen LogP contribution in [0.3, 0.4) is 0 Å². The molecule has 154 valence electrons. The van der Waals surface area contributed by atoms with E-state index in [0.29, 0.717) is 43.1 Å². The highest BCUT2D eigenvalue weighted by Crippen LogP contribution is 2.26. The molecule has 0 unspecified atom stereocenters. The fourth-order valence-corrected chi connectivity index (χ4v) is 3.61. The Morgan fingerprint density at radius 3 is 2.33 bits per heavy atom. The number of piperazine rings is 1. The molecule has 30 heavy (non-hydrogen) atoms. The summed E-state index contributed by atoms with van der Waals surface area (Å²) >= 11 is 0. The molecule has 0 saturated carbocycles. The maximum Gasteiger partial charge on any atom is 0.338 e. The van der Waals surface area contributed by atoms with Crippen molar-refractivity contribution in [1.82, 2.24) is 9.88 Å². The second-order valence-electron chi connectivity index (χ2n) is 6.94. The first-order valence-electron chi connectivity index (χ1n) is 9.86. The first kappa shape index (κ1) is 19.6. The summed E-state index contributed by atoms with van der Waals surface area (Å²) in [7, 11) is 0. The van der Waals surface area contributed by atoms with Crippen molar-refractivity contribution in [2.45, 2.75) is 6.92 Å². The third-order valence-corrected chi connectivity index (χ3v) is 5.13. The van der Waals surface area contributed by atoms with Gasteiger partial charge in [-0.3, -0.25) is 9.59 Å². The predicted molar refractivity (Wildman–Crippen MR) is 111 cm³/mol. The Labute approximate surface area is 174 Å². The van der Waals surface area contributed by atoms with Gasteiger partial charge in [-0.15, -0.1) is 0 Å². The van der Waals surface area contributed by atoms with E-state index >= 15 is 0 Å². The Morgan fingerprint density at radius 2 is 1.70 bits per heavy atom. The molecule has 0 bridgehead atoms. The topological polar surface area (TPSA) is 83.1 Å². The average molecular weight is 406 g/mol. The summed E-state index contributed by atoms with van der Waals surface area (Å²) in [5.41, 5.74) is 1.20. The van der Waals surface area contributed by atoms with Crippen molar-refractivity contribution in [1.29, 1.82) is 0 Å². The van der Waals surface area contributed by atoms with Crippen LogP contribution in [0.15, 0.2) is 60.4 Å². The molecule has 0 aliphatic carbocycles. The van der Waals surface area contributed by atoms with Gasteiger partial charge in [0.25, 0.3) is 11.8 Å². The van der Waals surface area contributed by atoms with Crippen LogP contribution in [0.1, 0.15) is 17.3 Å². The molecule has 4 rings (SSSR count). The fourth-order valence-electron chi connectivity index (χ4n) is 3.61. The van der Waals surface area contributed by atoms with Crippen molar-refractivity contribution in [3.63, 3.8) is 0 Å². The smallest absolute Gasteiger partial charge is 0.338 e. The van der Waals surface area contributed by atoms with Gasteiger partial charge < -0.3 is 14.5 Å². The van der Waals surface area contributed by atoms with E-state index in [4.69, 9.17) is 4.74 Å². The molecule has 2 aromatic rings. The molecule has 8 nitrogen and oxygen atoms in total. The SMILES string of the molecule is CCOC(=O)c1ccc(N2C(=O)C=C(N3CCN(c4ccccn4)CC3)C2=O)cc1. The third-order valence-electron chi connectivity index (χ3n) is 5.13. The van der Waals surface area contributed by atoms with Crippen LogP contribution in [0.4, 0.5) is 11.5 Å². The summed E-state index contributed by atoms with van der Waals surface area (Å²) in [6.07, 6.45) is 3.15. The second-order valence-corrected chi connectivity index (χ2v) is 6.94. The van der Waals surface area contributed by atoms with Gasteiger partial charge in [-0.1, -0.05) is 6.07 Å². The summed E-state index contributed by atoms with van der Waals surface area (Å²) in [5.74, 6) is -0.266. The zero-order valence-corrected chi connectivity index (χ0v) is 16.7. The molecule has 2 aliphatic rings. The number of anilines is 2. The number of pyridine rings is 1. The molecule has 0 spiro atoms. The van der Waals surface area contributed by atoms with Crippen LogP contribution < -0.4 is 9.80 Å². The monoisotopic (exact) mass is 406 g/mol. The number of carbonyl (C=O) groups excluding carboxylic acids is 3. The summed E-state index contributed by atoms with van der Waals surface area (Å²) in [4.78, 5) is 46.9. The van der Waals surface area contributed by atoms with Crippen LogP contribution in [-0.4, -0.2) is 60.5 Å². The number of rotatable bonds is 5. The minimum Gasteiger partial charge on any atom is -0.462 e. The summed E-state index contributed by atoms with van der Waals surface area (Å²) in [6, 6.07) is 12.0. The molecule has 1 fully saturated rings. The Balaban J connectivity index is 1.43. The quantitative estimate of drug-likeness (QED) is 0.553. The van der Waals surface area contributed by atoms with Crippen molar-refractivity contribution in [3.8, 4) is 0 Å². The first-order valence-corrected chi connectivity index (χ1v) is 9.86. The van der Waals surface area contributed by atoms with Crippen LogP contribution in [0, 0.1) is 0 Å². The fraction of sp³-hybridized carbons (Fsp3) is 0.273. The van der Waals surface area contributed by atoms with E-state index in [9.17, 15) is 14.4 Å². The number of hydrogen-bond donors (Lipinski definition) is 0. The molecule has 2 aliphatic heterocycles. The molecule has 1 aromatic heterocycles. The summed E-state index contributed by atoms with van der Waals surface area (Å²) in [5, 5.41) is 0. The number of esters is 1. The predicted octanol–water partition coefficient (Wildman–Crippen LogP) is 1.84. The molecule has 0 radical (unpaired) electrons. The van der Waals surface area contributed by atoms with Crippen molar-refractivity contribution in [3.05, 3.63) is 66.0 Å². The van der Waals surface area contributed by atoms with E-state index in [2.05, 4.69) is 9.88 Å². The van der Waals surface area contributed by atoms with Crippen LogP contribution in [-0.2, 0) is 14.3 Å². The molecule has 2 amide bonds. The van der Waals surface area contributed by atoms with Crippen molar-refractivity contribution in [2.75, 3.05) is 42.6 Å². The number of nitrogens with zero attached hydrogens (tertiary/aromatic N) is 4. The Hall–Kier alpha value is -3.68. The molecule has 3 heterocycles. The Bertz CT molecular complexity index is 980. The minimum absolute atomic E-state index is 0.282. The highest BCUT2D eigenvalue weighted by Gasteiger charge is 2.36. The van der Waals surface area contributed by atoms with Gasteiger partial charge in [-0.25, -0.2) is 14.7 Å². The first-order chi connectivity index (χ1) is 14.6. The number of carbonyl (C=O) groups is 3. The average Bonchev–Trinajstić information content (AvgIpc) is 3.08. The normalized spacial score (nSPS) is 16.7. The lowest BCUT2D eigenvalue weighted by molar-refractivity contribution is -0.121. The molecule has 0 N–H and O–H groups in total. The molecule has 0 atom stereocenters. The van der Waals surface area contributed by atoms with E-state index in [-0.39, 0.29) is 18.4 Å². The standard InChI is InChI=1S/C22H22N4O4/c1-2-30-22(29)16-6-8-17(9-7-16)26-20(27)15-18(21(26)28)24-11-13-25(14-12-24)19-5-3-4-10-23-19/h3-10,15H,2,11-14H2,1H3. The van der Waals surface area contributed by atoms with E-state index in [1.54, 1.807) is 37.4 Å². The van der Waals surface area contributed by atoms with Crippen LogP contribution >= 0.6 is 0 Å². The number of ether oxygens (including phenoxy) is 1. The van der Waals surface area contributed by atoms with Gasteiger partial charge in [-0.2, -0.15) is 0 Å². The van der Waals surface area contributed by atoms with Crippen LogP contribution in [0.2, 0.25) is 0 Å². The number of aromatic nitrogens is 1. The van der Waals surface area contributed by atoms with Crippen molar-refractivity contribution >= 4 is 29.3 Å². The molecule has 1 saturated heterocycles. The van der Waals surface area contributed by atoms with Crippen molar-refractivity contribution in [2.24, 2.45) is 0 Å². The number of benzene rings is 1. The highest BCUT2D eigenvalue weighted by molar-refractivity contribution is 6.30. The zero-order chi connectivity index (χ0) is 21.1. The van der Waals surface area contributed by atoms with E-state index in [1.807, 2.05) is 23.1 Å². The number of amides is 2. The van der Waals surface area contributed by atoms with Gasteiger partial charge in [0.15, 0.2) is 0 Å². The molecular formula is C22H22N4O4. The lowest BCUT2D eigenvalue weighted by atomic mass is 10.2. The van der Waals surface area contributed by atoms with Gasteiger partial charge in [-0.05, 0) is 43.3 Å². The molecular weight excluding hydrogens is 384 g/mol. The zero-order valence-electron chi connectivity index (χ0n) is 16.7. The highest BCUT2D eigenvalue weighted by atomic mass is 16.5. The largest absolute Gasteiger partial charge is 0.462 e. The molecule has 8 heteroatoms. The van der Waals surface area contributed by atoms with E-state index in [1.165, 1.54) is 6.08 Å². The lowest BCUT2D eigenvalue weighted by Crippen LogP contribution is -2.47. The summed E-state index contributed by atoms with van der Waals surface area (Å²) < 4.78 is 4.96. The van der Waals surface area contributed by atoms with Gasteiger partial charge >= 0.3 is 5.97 Å². The Morgan fingerprint density at radius 1 is 1.00 bits per heavy atom. The van der Waals surface area contributed by atoms with Gasteiger partial charge in [0.1, 0.15) is 11.5 Å². The third kappa shape index (κ3) is 3.76. The maximum absolute atomic E-state index is 13.0. The number of hydrogen-bond acceptors (Lipinski definition) is 7. The van der Waals surface area contributed by atoms with Crippen molar-refractivity contribution < 1.29 is 19.1 Å². The Kier molecular flexibility index (Phi) is 5.47. The van der Waals surface area contributed by atoms with Crippen LogP contribution in [0.25, 0.3) is 0 Å². The van der Waals surface area contributed by atoms with Gasteiger partial charge in [0, 0.05) is 38.5 Å². The van der Waals surface area contributed by atoms with Crippen LogP contribution in [0.5, 0.6) is 0 Å². The number of imide groups is 1. The summed E-state index contributed by atoms with van der Waals surface area (Å²) in [6.45, 7) is 4.68. The van der Waals surface area contributed by atoms with E-state index in [0.717, 1.165) is 10.7 Å². The second kappa shape index (κ2) is 8.36.